The van der Waals surface area contributed by atoms with Gasteiger partial charge < -0.3 is 0 Å². The maximum absolute atomic E-state index is 12.0. The first-order chi connectivity index (χ1) is 15.7. The van der Waals surface area contributed by atoms with Gasteiger partial charge in [-0.3, -0.25) is 0 Å². The second-order valence-corrected chi connectivity index (χ2v) is 16.2. The van der Waals surface area contributed by atoms with Gasteiger partial charge in [-0.15, -0.1) is 24.8 Å². The molecule has 4 aromatic rings. The summed E-state index contributed by atoms with van der Waals surface area (Å²) < 4.78 is 0. The Bertz CT molecular complexity index is 1140. The summed E-state index contributed by atoms with van der Waals surface area (Å²) in [7, 11) is -5.53. The zero-order chi connectivity index (χ0) is 22.0. The molecule has 1 unspecified atom stereocenters. The van der Waals surface area contributed by atoms with Crippen molar-refractivity contribution in [2.45, 2.75) is 5.85 Å². The average molecular weight is 531 g/mol. The molecule has 0 aliphatic carbocycles. The van der Waals surface area contributed by atoms with Gasteiger partial charge in [-0.2, -0.15) is 0 Å². The van der Waals surface area contributed by atoms with Crippen molar-refractivity contribution in [3.05, 3.63) is 133 Å². The molecule has 2 N–H and O–H groups in total. The topological polar surface area (TPSA) is 40.5 Å². The quantitative estimate of drug-likeness (QED) is 0.350. The van der Waals surface area contributed by atoms with Crippen molar-refractivity contribution in [1.82, 2.24) is 0 Å². The molecule has 4 aromatic carbocycles. The summed E-state index contributed by atoms with van der Waals surface area (Å²) in [5, 5.41) is 28.5. The molecule has 0 saturated carbocycles. The van der Waals surface area contributed by atoms with E-state index in [0.717, 1.165) is 21.2 Å². The van der Waals surface area contributed by atoms with E-state index in [1.165, 1.54) is 0 Å². The minimum absolute atomic E-state index is 0. The Morgan fingerprint density at radius 1 is 0.529 bits per heavy atom. The molecule has 6 heteroatoms. The summed E-state index contributed by atoms with van der Waals surface area (Å²) in [6.45, 7) is 0. The number of benzene rings is 4. The molecule has 2 nitrogen and oxygen atoms in total. The minimum atomic E-state index is -2.78. The Morgan fingerprint density at radius 2 is 0.853 bits per heavy atom. The van der Waals surface area contributed by atoms with Gasteiger partial charge in [-0.05, 0) is 0 Å². The summed E-state index contributed by atoms with van der Waals surface area (Å²) in [6, 6.07) is 41.1. The first-order valence-electron chi connectivity index (χ1n) is 11.0. The Morgan fingerprint density at radius 3 is 1.21 bits per heavy atom. The fraction of sp³-hybridized carbons (Fsp3) is 0.0714. The molecule has 178 valence electrons. The van der Waals surface area contributed by atoms with Crippen molar-refractivity contribution < 1.29 is 10.2 Å². The van der Waals surface area contributed by atoms with Gasteiger partial charge in [0.1, 0.15) is 0 Å². The molecule has 1 aliphatic rings. The molecule has 0 fully saturated rings. The van der Waals surface area contributed by atoms with Gasteiger partial charge in [0.25, 0.3) is 0 Å². The molecule has 1 atom stereocenters. The van der Waals surface area contributed by atoms with Crippen LogP contribution in [0.1, 0.15) is 0 Å². The first kappa shape index (κ1) is 26.4. The molecule has 1 aliphatic heterocycles. The molecule has 5 rings (SSSR count). The molecule has 0 aromatic heterocycles. The van der Waals surface area contributed by atoms with E-state index in [9.17, 15) is 10.2 Å². The van der Waals surface area contributed by atoms with E-state index in [4.69, 9.17) is 0 Å². The van der Waals surface area contributed by atoms with Crippen LogP contribution in [0.15, 0.2) is 133 Å². The van der Waals surface area contributed by atoms with E-state index in [-0.39, 0.29) is 24.8 Å². The van der Waals surface area contributed by atoms with E-state index in [1.807, 2.05) is 72.8 Å². The molecule has 1 heterocycles. The van der Waals surface area contributed by atoms with Crippen LogP contribution in [0.4, 0.5) is 0 Å². The van der Waals surface area contributed by atoms with E-state index in [2.05, 4.69) is 54.3 Å². The van der Waals surface area contributed by atoms with Crippen molar-refractivity contribution in [3.8, 4) is 0 Å². The third-order valence-corrected chi connectivity index (χ3v) is 16.8. The predicted molar refractivity (Wildman–Crippen MR) is 157 cm³/mol. The standard InChI is InChI=1S/C28H28O2P2.2ClH/c29-27-22-32(25-17-9-3-10-18-25,26-19-11-4-12-20-26)28(30)21-31(27,23-13-5-1-6-14-23)24-15-7-2-8-16-24;;/h1-21,27,29-32H,22H2;2*1H. The SMILES string of the molecule is Cl.Cl.OC1=C[PH](c2ccccc2)(c2ccccc2)C(O)C[PH]1(c1ccccc1)c1ccccc1. The Hall–Kier alpha value is -2.18. The van der Waals surface area contributed by atoms with Crippen LogP contribution in [0, 0.1) is 0 Å². The summed E-state index contributed by atoms with van der Waals surface area (Å²) in [5.74, 6) is 1.52. The van der Waals surface area contributed by atoms with Crippen LogP contribution in [-0.4, -0.2) is 22.2 Å². The zero-order valence-electron chi connectivity index (χ0n) is 18.6. The second-order valence-electron chi connectivity index (χ2n) is 8.49. The molecule has 0 bridgehead atoms. The number of rotatable bonds is 4. The van der Waals surface area contributed by atoms with Gasteiger partial charge in [0.05, 0.1) is 0 Å². The van der Waals surface area contributed by atoms with E-state index in [0.29, 0.717) is 11.7 Å². The average Bonchev–Trinajstić information content (AvgIpc) is 2.87. The number of halogens is 2. The van der Waals surface area contributed by atoms with Crippen LogP contribution >= 0.6 is 39.3 Å². The predicted octanol–water partition coefficient (Wildman–Crippen LogP) is 5.32. The van der Waals surface area contributed by atoms with E-state index < -0.39 is 20.4 Å². The normalized spacial score (nSPS) is 19.9. The van der Waals surface area contributed by atoms with Crippen LogP contribution in [0.2, 0.25) is 0 Å². The third-order valence-electron chi connectivity index (χ3n) is 6.86. The fourth-order valence-corrected chi connectivity index (χ4v) is 16.4. The van der Waals surface area contributed by atoms with Crippen molar-refractivity contribution in [2.24, 2.45) is 0 Å². The number of hydrogen-bond acceptors (Lipinski definition) is 2. The van der Waals surface area contributed by atoms with Crippen LogP contribution in [0.25, 0.3) is 0 Å². The zero-order valence-corrected chi connectivity index (χ0v) is 22.3. The number of hydrogen-bond donors (Lipinski definition) is 2. The van der Waals surface area contributed by atoms with Gasteiger partial charge in [0.15, 0.2) is 0 Å². The molecule has 34 heavy (non-hydrogen) atoms. The van der Waals surface area contributed by atoms with E-state index >= 15 is 0 Å². The molecular weight excluding hydrogens is 501 g/mol. The Labute approximate surface area is 214 Å². The Kier molecular flexibility index (Phi) is 8.58. The summed E-state index contributed by atoms with van der Waals surface area (Å²) in [6.07, 6.45) is 0.555. The van der Waals surface area contributed by atoms with Crippen molar-refractivity contribution in [3.63, 3.8) is 0 Å². The van der Waals surface area contributed by atoms with Gasteiger partial charge in [0, 0.05) is 0 Å². The molecule has 0 amide bonds. The first-order valence-corrected chi connectivity index (χ1v) is 15.4. The Balaban J connectivity index is 0.00000162. The van der Waals surface area contributed by atoms with Crippen LogP contribution < -0.4 is 21.2 Å². The van der Waals surface area contributed by atoms with Crippen molar-refractivity contribution >= 4 is 60.6 Å². The summed E-state index contributed by atoms with van der Waals surface area (Å²) in [5.41, 5.74) is 0.458. The monoisotopic (exact) mass is 530 g/mol. The molecular formula is C28H30Cl2O2P2. The van der Waals surface area contributed by atoms with E-state index in [1.54, 1.807) is 0 Å². The molecule has 0 radical (unpaired) electrons. The third kappa shape index (κ3) is 4.31. The van der Waals surface area contributed by atoms with Crippen molar-refractivity contribution in [2.75, 3.05) is 6.16 Å². The molecule has 0 spiro atoms. The fourth-order valence-electron chi connectivity index (χ4n) is 5.28. The summed E-state index contributed by atoms with van der Waals surface area (Å²) >= 11 is 0. The maximum atomic E-state index is 12.0. The van der Waals surface area contributed by atoms with Gasteiger partial charge in [-0.1, -0.05) is 0 Å². The second kappa shape index (κ2) is 11.0. The van der Waals surface area contributed by atoms with Crippen LogP contribution in [-0.2, 0) is 0 Å². The molecule has 0 saturated heterocycles. The number of aliphatic hydroxyl groups excluding tert-OH is 2. The number of aliphatic hydroxyl groups is 2. The van der Waals surface area contributed by atoms with Gasteiger partial charge >= 0.3 is 191 Å². The van der Waals surface area contributed by atoms with Gasteiger partial charge in [0.2, 0.25) is 0 Å². The van der Waals surface area contributed by atoms with Crippen LogP contribution in [0.3, 0.4) is 0 Å². The van der Waals surface area contributed by atoms with Gasteiger partial charge in [-0.25, -0.2) is 0 Å². The summed E-state index contributed by atoms with van der Waals surface area (Å²) in [4.78, 5) is 0. The van der Waals surface area contributed by atoms with Crippen molar-refractivity contribution in [1.29, 1.82) is 0 Å². The van der Waals surface area contributed by atoms with Crippen LogP contribution in [0.5, 0.6) is 0 Å².